The fourth-order valence-corrected chi connectivity index (χ4v) is 16.9. The first-order valence-electron chi connectivity index (χ1n) is 26.8. The molecule has 0 aromatic heterocycles. The standard InChI is InChI=1S/C52H84O21/c1-22(2)15-24-16-50(8,63)42-25-9-10-30-48(6)13-12-31(47(4,5)29(48)11-14-49(30,7)51(25)20-52(42,73-24)66-21-51)69-45-41(72-44-38(62)35(59)32(56)23(3)67-44)39(27(55)19-65-45)70-46-40(36(60)34(58)28(17-53)68-46)71-43-37(61)33(57)26(54)18-64-43/h15,23-46,53-63H,9-14,16-21H2,1-8H3/t23-,24?,25?,26+,27-,28+,29?,30?,31-,32-,33?,34+,35+,36?,37+,38+,39?,40+,41+,42?,43-,44-,45-,46-,48-,49+,50-,51-,52-/m0/s1. The lowest BCUT2D eigenvalue weighted by molar-refractivity contribution is -0.399. The molecule has 418 valence electrons. The first-order chi connectivity index (χ1) is 34.2. The molecule has 4 saturated carbocycles. The SMILES string of the molecule is CC(C)=CC1C[C@](C)(O)C2C3CCC4[C@@]5(C)CC[C@H](O[C@@H]6OC[C@H](O)C(O[C@@H]7O[C@H](CO)[C@@H](O)C(O)[C@H]7O[C@@H]7OC[C@@H](O)C(O)[C@H]7O)[C@H]6O[C@@H]6O[C@@H](C)[C@H](O)[C@@H](O)[C@H]6O)C(C)(C)C5CC[C@@]4(C)[C@@]34CO[C@@]2(C4)O1. The van der Waals surface area contributed by atoms with Crippen LogP contribution in [-0.2, 0) is 47.4 Å². The first kappa shape index (κ1) is 55.2. The third-order valence-corrected chi connectivity index (χ3v) is 20.4. The maximum absolute atomic E-state index is 12.3. The van der Waals surface area contributed by atoms with Gasteiger partial charge in [-0.25, -0.2) is 0 Å². The quantitative estimate of drug-likeness (QED) is 0.0967. The van der Waals surface area contributed by atoms with Gasteiger partial charge in [0, 0.05) is 24.2 Å². The zero-order valence-electron chi connectivity index (χ0n) is 43.4. The van der Waals surface area contributed by atoms with Crippen molar-refractivity contribution in [1.82, 2.24) is 0 Å². The molecule has 0 amide bonds. The van der Waals surface area contributed by atoms with Gasteiger partial charge in [0.05, 0.1) is 50.3 Å². The molecular weight excluding hydrogens is 961 g/mol. The molecule has 10 aliphatic rings. The summed E-state index contributed by atoms with van der Waals surface area (Å²) >= 11 is 0. The van der Waals surface area contributed by atoms with Crippen molar-refractivity contribution >= 4 is 0 Å². The lowest BCUT2D eigenvalue weighted by Crippen LogP contribution is -2.68. The van der Waals surface area contributed by atoms with Crippen molar-refractivity contribution in [3.63, 3.8) is 0 Å². The van der Waals surface area contributed by atoms with Crippen LogP contribution in [0.25, 0.3) is 0 Å². The lowest BCUT2D eigenvalue weighted by atomic mass is 9.35. The maximum atomic E-state index is 12.3. The number of rotatable bonds is 10. The van der Waals surface area contributed by atoms with Gasteiger partial charge >= 0.3 is 0 Å². The van der Waals surface area contributed by atoms with E-state index in [0.717, 1.165) is 44.1 Å². The van der Waals surface area contributed by atoms with Crippen molar-refractivity contribution in [3.05, 3.63) is 11.6 Å². The Morgan fingerprint density at radius 3 is 2.03 bits per heavy atom. The first-order valence-corrected chi connectivity index (χ1v) is 26.8. The Bertz CT molecular complexity index is 2010. The number of ether oxygens (including phenoxy) is 10. The van der Waals surface area contributed by atoms with Crippen molar-refractivity contribution in [2.75, 3.05) is 26.4 Å². The van der Waals surface area contributed by atoms with E-state index in [-0.39, 0.29) is 46.7 Å². The monoisotopic (exact) mass is 1040 g/mol. The van der Waals surface area contributed by atoms with E-state index in [0.29, 0.717) is 25.4 Å². The molecule has 0 aromatic carbocycles. The summed E-state index contributed by atoms with van der Waals surface area (Å²) in [4.78, 5) is 0. The summed E-state index contributed by atoms with van der Waals surface area (Å²) in [5.74, 6) is -0.230. The maximum Gasteiger partial charge on any atom is 0.187 e. The van der Waals surface area contributed by atoms with Crippen LogP contribution in [0.4, 0.5) is 0 Å². The summed E-state index contributed by atoms with van der Waals surface area (Å²) in [7, 11) is 0. The molecule has 0 radical (unpaired) electrons. The lowest BCUT2D eigenvalue weighted by Gasteiger charge is -2.70. The molecule has 6 aliphatic heterocycles. The Labute approximate surface area is 426 Å². The summed E-state index contributed by atoms with van der Waals surface area (Å²) in [5, 5.41) is 121. The van der Waals surface area contributed by atoms with E-state index < -0.39 is 147 Å². The van der Waals surface area contributed by atoms with E-state index in [1.54, 1.807) is 0 Å². The largest absolute Gasteiger partial charge is 0.394 e. The van der Waals surface area contributed by atoms with Gasteiger partial charge in [0.15, 0.2) is 30.9 Å². The Morgan fingerprint density at radius 2 is 1.32 bits per heavy atom. The van der Waals surface area contributed by atoms with Crippen LogP contribution in [0, 0.1) is 45.3 Å². The molecule has 11 N–H and O–H groups in total. The molecule has 29 atom stereocenters. The predicted molar refractivity (Wildman–Crippen MR) is 250 cm³/mol. The van der Waals surface area contributed by atoms with E-state index in [1.165, 1.54) is 6.92 Å². The highest BCUT2D eigenvalue weighted by Gasteiger charge is 2.81. The smallest absolute Gasteiger partial charge is 0.187 e. The molecule has 21 heteroatoms. The van der Waals surface area contributed by atoms with Crippen LogP contribution in [0.5, 0.6) is 0 Å². The minimum absolute atomic E-state index is 0.108. The van der Waals surface area contributed by atoms with Gasteiger partial charge < -0.3 is 104 Å². The van der Waals surface area contributed by atoms with E-state index in [1.807, 2.05) is 6.92 Å². The fraction of sp³-hybridized carbons (Fsp3) is 0.962. The molecule has 6 saturated heterocycles. The third-order valence-electron chi connectivity index (χ3n) is 20.4. The number of fused-ring (bicyclic) bond motifs is 4. The number of hydrogen-bond donors (Lipinski definition) is 11. The molecule has 73 heavy (non-hydrogen) atoms. The van der Waals surface area contributed by atoms with Crippen LogP contribution >= 0.6 is 0 Å². The highest BCUT2D eigenvalue weighted by Crippen LogP contribution is 2.80. The average Bonchev–Trinajstić information content (AvgIpc) is 3.85. The van der Waals surface area contributed by atoms with Gasteiger partial charge in [0.1, 0.15) is 79.4 Å². The molecule has 21 nitrogen and oxygen atoms in total. The molecule has 4 aliphatic carbocycles. The van der Waals surface area contributed by atoms with Gasteiger partial charge in [-0.15, -0.1) is 0 Å². The molecular formula is C52H84O21. The van der Waals surface area contributed by atoms with Crippen molar-refractivity contribution in [2.24, 2.45) is 45.3 Å². The molecule has 0 aromatic rings. The highest BCUT2D eigenvalue weighted by molar-refractivity contribution is 5.27. The van der Waals surface area contributed by atoms with Gasteiger partial charge in [0.2, 0.25) is 0 Å². The van der Waals surface area contributed by atoms with Crippen LogP contribution < -0.4 is 0 Å². The number of allylic oxidation sites excluding steroid dienone is 1. The van der Waals surface area contributed by atoms with Crippen LogP contribution in [0.1, 0.15) is 107 Å². The van der Waals surface area contributed by atoms with Gasteiger partial charge in [0.25, 0.3) is 0 Å². The summed E-state index contributed by atoms with van der Waals surface area (Å²) in [6.07, 6.45) is -20.8. The Hall–Kier alpha value is -1.10. The number of aliphatic hydroxyl groups is 11. The van der Waals surface area contributed by atoms with Crippen LogP contribution in [0.3, 0.4) is 0 Å². The molecule has 2 spiro atoms. The van der Waals surface area contributed by atoms with E-state index in [2.05, 4.69) is 47.6 Å². The summed E-state index contributed by atoms with van der Waals surface area (Å²) in [6, 6.07) is 0. The highest BCUT2D eigenvalue weighted by atomic mass is 16.8. The zero-order chi connectivity index (χ0) is 52.7. The van der Waals surface area contributed by atoms with Crippen molar-refractivity contribution in [3.8, 4) is 0 Å². The normalized spacial score (nSPS) is 57.5. The second-order valence-electron chi connectivity index (χ2n) is 25.3. The van der Waals surface area contributed by atoms with Crippen molar-refractivity contribution < 1.29 is 104 Å². The van der Waals surface area contributed by atoms with Crippen LogP contribution in [0.15, 0.2) is 11.6 Å². The number of hydrogen-bond acceptors (Lipinski definition) is 21. The average molecular weight is 1050 g/mol. The van der Waals surface area contributed by atoms with E-state index >= 15 is 0 Å². The van der Waals surface area contributed by atoms with Gasteiger partial charge in [-0.05, 0) is 100 Å². The Balaban J connectivity index is 0.919. The van der Waals surface area contributed by atoms with Crippen molar-refractivity contribution in [2.45, 2.75) is 241 Å². The third kappa shape index (κ3) is 8.77. The molecule has 6 heterocycles. The topological polar surface area (TPSA) is 315 Å². The Kier molecular flexibility index (Phi) is 14.8. The molecule has 10 fully saturated rings. The molecule has 2 bridgehead atoms. The van der Waals surface area contributed by atoms with Crippen LogP contribution in [0.2, 0.25) is 0 Å². The summed E-state index contributed by atoms with van der Waals surface area (Å²) in [5.41, 5.74) is -0.717. The Morgan fingerprint density at radius 1 is 0.644 bits per heavy atom. The van der Waals surface area contributed by atoms with Gasteiger partial charge in [-0.3, -0.25) is 0 Å². The fourth-order valence-electron chi connectivity index (χ4n) is 16.9. The molecule has 8 unspecified atom stereocenters. The number of aliphatic hydroxyl groups excluding tert-OH is 10. The van der Waals surface area contributed by atoms with E-state index in [4.69, 9.17) is 47.4 Å². The van der Waals surface area contributed by atoms with Gasteiger partial charge in [-0.1, -0.05) is 39.3 Å². The second-order valence-corrected chi connectivity index (χ2v) is 25.3. The predicted octanol–water partition coefficient (Wildman–Crippen LogP) is -0.542. The summed E-state index contributed by atoms with van der Waals surface area (Å²) in [6.45, 7) is 15.9. The van der Waals surface area contributed by atoms with Gasteiger partial charge in [-0.2, -0.15) is 0 Å². The minimum atomic E-state index is -1.87. The second kappa shape index (κ2) is 19.6. The minimum Gasteiger partial charge on any atom is -0.394 e. The van der Waals surface area contributed by atoms with E-state index in [9.17, 15) is 56.2 Å². The zero-order valence-corrected chi connectivity index (χ0v) is 43.4. The summed E-state index contributed by atoms with van der Waals surface area (Å²) < 4.78 is 63.4. The van der Waals surface area contributed by atoms with Crippen molar-refractivity contribution in [1.29, 1.82) is 0 Å². The molecule has 10 rings (SSSR count). The van der Waals surface area contributed by atoms with Crippen LogP contribution in [-0.4, -0.2) is 217 Å².